The van der Waals surface area contributed by atoms with Gasteiger partial charge in [-0.2, -0.15) is 0 Å². The molecule has 22 heavy (non-hydrogen) atoms. The first-order valence-corrected chi connectivity index (χ1v) is 7.09. The van der Waals surface area contributed by atoms with Crippen molar-refractivity contribution in [3.05, 3.63) is 53.3 Å². The molecule has 0 aliphatic heterocycles. The fourth-order valence-electron chi connectivity index (χ4n) is 1.80. The predicted molar refractivity (Wildman–Crippen MR) is 88.1 cm³/mol. The second kappa shape index (κ2) is 8.02. The number of amides is 1. The molecule has 0 aromatic heterocycles. The van der Waals surface area contributed by atoms with Crippen LogP contribution in [0.15, 0.2) is 36.4 Å². The highest BCUT2D eigenvalue weighted by Crippen LogP contribution is 2.22. The van der Waals surface area contributed by atoms with Crippen LogP contribution in [0.5, 0.6) is 5.75 Å². The van der Waals surface area contributed by atoms with Crippen molar-refractivity contribution in [3.8, 4) is 5.75 Å². The van der Waals surface area contributed by atoms with E-state index in [9.17, 15) is 14.3 Å². The number of nitrogens with one attached hydrogen (secondary N) is 2. The summed E-state index contributed by atoms with van der Waals surface area (Å²) in [5.41, 5.74) is 1.61. The zero-order valence-electron chi connectivity index (χ0n) is 13.2. The molecule has 0 fully saturated rings. The van der Waals surface area contributed by atoms with Crippen LogP contribution in [0.4, 0.5) is 15.8 Å². The molecule has 0 saturated carbocycles. The number of aryl methyl sites for hydroxylation is 1. The monoisotopic (exact) mass is 304 g/mol. The van der Waals surface area contributed by atoms with Crippen LogP contribution in [-0.4, -0.2) is 18.1 Å². The van der Waals surface area contributed by atoms with Gasteiger partial charge in [0.1, 0.15) is 11.6 Å². The summed E-state index contributed by atoms with van der Waals surface area (Å²) in [7, 11) is 1.68. The molecule has 0 aliphatic rings. The Balaban J connectivity index is 0.00000116. The molecule has 0 saturated heterocycles. The van der Waals surface area contributed by atoms with E-state index in [1.165, 1.54) is 24.3 Å². The summed E-state index contributed by atoms with van der Waals surface area (Å²) in [6.07, 6.45) is 0. The normalized spacial score (nSPS) is 9.50. The number of carbonyl (C=O) groups is 1. The summed E-state index contributed by atoms with van der Waals surface area (Å²) in [5, 5.41) is 15.0. The number of phenols is 1. The van der Waals surface area contributed by atoms with Crippen molar-refractivity contribution in [2.45, 2.75) is 20.8 Å². The highest BCUT2D eigenvalue weighted by atomic mass is 19.1. The topological polar surface area (TPSA) is 61.4 Å². The predicted octanol–water partition coefficient (Wildman–Crippen LogP) is 4.16. The summed E-state index contributed by atoms with van der Waals surface area (Å²) in [5.74, 6) is -1.23. The molecule has 0 unspecified atom stereocenters. The van der Waals surface area contributed by atoms with Gasteiger partial charge >= 0.3 is 0 Å². The molecule has 2 aromatic rings. The largest absolute Gasteiger partial charge is 0.507 e. The van der Waals surface area contributed by atoms with E-state index >= 15 is 0 Å². The average molecular weight is 304 g/mol. The van der Waals surface area contributed by atoms with Gasteiger partial charge in [-0.05, 0) is 42.8 Å². The smallest absolute Gasteiger partial charge is 0.259 e. The van der Waals surface area contributed by atoms with Gasteiger partial charge in [0.25, 0.3) is 5.91 Å². The first kappa shape index (κ1) is 17.5. The molecule has 2 rings (SSSR count). The lowest BCUT2D eigenvalue weighted by Crippen LogP contribution is -2.13. The van der Waals surface area contributed by atoms with E-state index < -0.39 is 11.7 Å². The fraction of sp³-hybridized carbons (Fsp3) is 0.235. The van der Waals surface area contributed by atoms with E-state index in [4.69, 9.17) is 0 Å². The van der Waals surface area contributed by atoms with Crippen molar-refractivity contribution in [2.24, 2.45) is 0 Å². The van der Waals surface area contributed by atoms with E-state index in [2.05, 4.69) is 10.6 Å². The molecule has 0 atom stereocenters. The third kappa shape index (κ3) is 4.22. The van der Waals surface area contributed by atoms with Gasteiger partial charge in [-0.15, -0.1) is 0 Å². The number of halogens is 1. The van der Waals surface area contributed by atoms with Crippen molar-refractivity contribution in [3.63, 3.8) is 0 Å². The molecule has 0 aliphatic carbocycles. The number of hydrogen-bond donors (Lipinski definition) is 3. The van der Waals surface area contributed by atoms with E-state index in [0.717, 1.165) is 5.56 Å². The number of rotatable bonds is 3. The Morgan fingerprint density at radius 1 is 1.14 bits per heavy atom. The number of anilines is 2. The van der Waals surface area contributed by atoms with Crippen molar-refractivity contribution in [1.29, 1.82) is 0 Å². The summed E-state index contributed by atoms with van der Waals surface area (Å²) in [6.45, 7) is 5.80. The highest BCUT2D eigenvalue weighted by molar-refractivity contribution is 6.06. The molecule has 5 heteroatoms. The molecular formula is C17H21FN2O2. The van der Waals surface area contributed by atoms with Gasteiger partial charge in [-0.25, -0.2) is 4.39 Å². The summed E-state index contributed by atoms with van der Waals surface area (Å²) in [6, 6.07) is 9.08. The van der Waals surface area contributed by atoms with Crippen LogP contribution in [0.1, 0.15) is 29.8 Å². The maximum atomic E-state index is 13.8. The number of aromatic hydroxyl groups is 1. The minimum atomic E-state index is -0.557. The van der Waals surface area contributed by atoms with Crippen LogP contribution in [0.2, 0.25) is 0 Å². The van der Waals surface area contributed by atoms with Gasteiger partial charge in [-0.3, -0.25) is 4.79 Å². The molecule has 4 nitrogen and oxygen atoms in total. The number of carbonyl (C=O) groups excluding carboxylic acids is 1. The van der Waals surface area contributed by atoms with Crippen molar-refractivity contribution in [2.75, 3.05) is 17.7 Å². The van der Waals surface area contributed by atoms with E-state index in [1.54, 1.807) is 26.1 Å². The van der Waals surface area contributed by atoms with Gasteiger partial charge in [-0.1, -0.05) is 19.9 Å². The Morgan fingerprint density at radius 3 is 2.36 bits per heavy atom. The molecule has 118 valence electrons. The van der Waals surface area contributed by atoms with Crippen LogP contribution in [0.3, 0.4) is 0 Å². The lowest BCUT2D eigenvalue weighted by Gasteiger charge is -2.09. The second-order valence-electron chi connectivity index (χ2n) is 4.42. The Morgan fingerprint density at radius 2 is 1.82 bits per heavy atom. The van der Waals surface area contributed by atoms with Gasteiger partial charge < -0.3 is 15.7 Å². The van der Waals surface area contributed by atoms with Crippen molar-refractivity contribution < 1.29 is 14.3 Å². The third-order valence-electron chi connectivity index (χ3n) is 2.90. The quantitative estimate of drug-likeness (QED) is 0.798. The number of phenolic OH excluding ortho intramolecular Hbond substituents is 1. The lowest BCUT2D eigenvalue weighted by molar-refractivity contribution is 0.102. The van der Waals surface area contributed by atoms with Crippen LogP contribution >= 0.6 is 0 Å². The molecule has 0 bridgehead atoms. The van der Waals surface area contributed by atoms with Gasteiger partial charge in [0.05, 0.1) is 11.3 Å². The summed E-state index contributed by atoms with van der Waals surface area (Å²) in [4.78, 5) is 12.0. The minimum Gasteiger partial charge on any atom is -0.507 e. The van der Waals surface area contributed by atoms with E-state index in [0.29, 0.717) is 5.69 Å². The van der Waals surface area contributed by atoms with Gasteiger partial charge in [0.2, 0.25) is 0 Å². The van der Waals surface area contributed by atoms with Gasteiger partial charge in [0.15, 0.2) is 0 Å². The zero-order valence-corrected chi connectivity index (χ0v) is 13.2. The summed E-state index contributed by atoms with van der Waals surface area (Å²) >= 11 is 0. The van der Waals surface area contributed by atoms with Crippen molar-refractivity contribution in [1.82, 2.24) is 0 Å². The molecule has 0 radical (unpaired) electrons. The first-order chi connectivity index (χ1) is 10.5. The maximum absolute atomic E-state index is 13.8. The minimum absolute atomic E-state index is 0.0639. The van der Waals surface area contributed by atoms with Crippen LogP contribution in [0.25, 0.3) is 0 Å². The first-order valence-electron chi connectivity index (χ1n) is 7.09. The Kier molecular flexibility index (Phi) is 6.38. The molecule has 0 spiro atoms. The Hall–Kier alpha value is -2.56. The third-order valence-corrected chi connectivity index (χ3v) is 2.90. The average Bonchev–Trinajstić information content (AvgIpc) is 2.51. The van der Waals surface area contributed by atoms with Crippen LogP contribution < -0.4 is 10.6 Å². The number of hydrogen-bond acceptors (Lipinski definition) is 3. The fourth-order valence-corrected chi connectivity index (χ4v) is 1.80. The zero-order chi connectivity index (χ0) is 16.7. The van der Waals surface area contributed by atoms with Gasteiger partial charge in [0, 0.05) is 12.7 Å². The second-order valence-corrected chi connectivity index (χ2v) is 4.42. The summed E-state index contributed by atoms with van der Waals surface area (Å²) < 4.78 is 13.8. The molecule has 0 heterocycles. The SMILES string of the molecule is CC.CNc1ccc(NC(=O)c2ccc(C)cc2O)c(F)c1. The lowest BCUT2D eigenvalue weighted by atomic mass is 10.1. The van der Waals surface area contributed by atoms with E-state index in [-0.39, 0.29) is 17.0 Å². The molecule has 3 N–H and O–H groups in total. The standard InChI is InChI=1S/C15H15FN2O2.C2H6/c1-9-3-5-11(14(19)7-9)15(20)18-13-6-4-10(17-2)8-12(13)16;1-2/h3-8,17,19H,1-2H3,(H,18,20);1-2H3. The van der Waals surface area contributed by atoms with Crippen LogP contribution in [0, 0.1) is 12.7 Å². The molecule has 1 amide bonds. The molecular weight excluding hydrogens is 283 g/mol. The Labute approximate surface area is 130 Å². The van der Waals surface area contributed by atoms with E-state index in [1.807, 2.05) is 13.8 Å². The maximum Gasteiger partial charge on any atom is 0.259 e. The number of benzene rings is 2. The van der Waals surface area contributed by atoms with Crippen molar-refractivity contribution >= 4 is 17.3 Å². The molecule has 2 aromatic carbocycles. The highest BCUT2D eigenvalue weighted by Gasteiger charge is 2.13. The van der Waals surface area contributed by atoms with Crippen LogP contribution in [-0.2, 0) is 0 Å². The Bertz CT molecular complexity index is 657.